The van der Waals surface area contributed by atoms with E-state index in [1.165, 1.54) is 128 Å². The molecule has 0 amide bonds. The summed E-state index contributed by atoms with van der Waals surface area (Å²) >= 11 is 0. The van der Waals surface area contributed by atoms with Crippen molar-refractivity contribution in [1.29, 1.82) is 0 Å². The molecule has 0 radical (unpaired) electrons. The highest BCUT2D eigenvalue weighted by Gasteiger charge is 2.30. The molecule has 3 N–H and O–H groups in total. The molecule has 0 rings (SSSR count). The van der Waals surface area contributed by atoms with Crippen molar-refractivity contribution in [2.45, 2.75) is 336 Å². The minimum absolute atomic E-state index is 0.102. The fourth-order valence-electron chi connectivity index (χ4n) is 9.50. The standard InChI is InChI=1S/C64H124O17P2/c1-7-10-12-14-15-16-17-18-22-25-28-35-41-47-62(67)75-53-60(80-63(68)48-42-36-29-26-23-20-19-21-24-27-33-38-44-56(4)5)55-79-83(72,73)77-51-58(65)50-76-82(70,71)78-54-59(52-74-61(66)46-40-32-13-11-8-2)81-64(69)49-43-37-31-30-34-39-45-57(6)9-3/h56-60,65H,7-55H2,1-6H3,(H,70,71)(H,72,73)/t57?,58-,59+,60+/m0/s1. The number of carbonyl (C=O) groups excluding carboxylic acids is 4. The van der Waals surface area contributed by atoms with Crippen LogP contribution >= 0.6 is 15.6 Å². The molecule has 0 aliphatic heterocycles. The first kappa shape index (κ1) is 81.1. The number of carbonyl (C=O) groups is 4. The van der Waals surface area contributed by atoms with Gasteiger partial charge in [-0.2, -0.15) is 0 Å². The zero-order chi connectivity index (χ0) is 61.5. The van der Waals surface area contributed by atoms with Crippen LogP contribution in [-0.2, 0) is 65.4 Å². The summed E-state index contributed by atoms with van der Waals surface area (Å²) in [5.74, 6) is -0.648. The zero-order valence-electron chi connectivity index (χ0n) is 53.5. The Bertz CT molecular complexity index is 1630. The van der Waals surface area contributed by atoms with Gasteiger partial charge in [-0.05, 0) is 37.5 Å². The highest BCUT2D eigenvalue weighted by Crippen LogP contribution is 2.45. The van der Waals surface area contributed by atoms with Gasteiger partial charge >= 0.3 is 39.5 Å². The van der Waals surface area contributed by atoms with E-state index in [-0.39, 0.29) is 25.7 Å². The van der Waals surface area contributed by atoms with Crippen molar-refractivity contribution in [3.8, 4) is 0 Å². The van der Waals surface area contributed by atoms with Gasteiger partial charge in [0, 0.05) is 25.7 Å². The molecule has 0 fully saturated rings. The number of phosphoric ester groups is 2. The van der Waals surface area contributed by atoms with E-state index in [1.54, 1.807) is 0 Å². The quantitative estimate of drug-likeness (QED) is 0.0222. The molecule has 83 heavy (non-hydrogen) atoms. The van der Waals surface area contributed by atoms with Crippen molar-refractivity contribution in [3.05, 3.63) is 0 Å². The Balaban J connectivity index is 5.18. The Morgan fingerprint density at radius 2 is 0.614 bits per heavy atom. The molecule has 0 aromatic carbocycles. The third kappa shape index (κ3) is 57.6. The van der Waals surface area contributed by atoms with E-state index < -0.39 is 97.5 Å². The summed E-state index contributed by atoms with van der Waals surface area (Å²) in [7, 11) is -9.88. The van der Waals surface area contributed by atoms with Crippen molar-refractivity contribution < 1.29 is 80.2 Å². The summed E-state index contributed by atoms with van der Waals surface area (Å²) in [4.78, 5) is 72.0. The summed E-state index contributed by atoms with van der Waals surface area (Å²) < 4.78 is 67.8. The van der Waals surface area contributed by atoms with Gasteiger partial charge in [-0.1, -0.05) is 266 Å². The van der Waals surface area contributed by atoms with Crippen LogP contribution in [0.2, 0.25) is 0 Å². The van der Waals surface area contributed by atoms with Crippen molar-refractivity contribution >= 4 is 39.5 Å². The number of aliphatic hydroxyl groups is 1. The SMILES string of the molecule is CCCCCCCCCCCCCCCC(=O)OC[C@H](COP(=O)(O)OC[C@@H](O)COP(=O)(O)OC[C@@H](COC(=O)CCCCCCC)OC(=O)CCCCCCCCC(C)CC)OC(=O)CCCCCCCCCCCCCCC(C)C. The summed E-state index contributed by atoms with van der Waals surface area (Å²) in [5, 5.41) is 10.5. The Hall–Kier alpha value is -1.94. The van der Waals surface area contributed by atoms with Crippen LogP contribution in [0.3, 0.4) is 0 Å². The lowest BCUT2D eigenvalue weighted by Gasteiger charge is -2.21. The lowest BCUT2D eigenvalue weighted by molar-refractivity contribution is -0.161. The Labute approximate surface area is 505 Å². The van der Waals surface area contributed by atoms with Gasteiger partial charge in [0.1, 0.15) is 19.3 Å². The first-order valence-electron chi connectivity index (χ1n) is 33.5. The third-order valence-electron chi connectivity index (χ3n) is 15.1. The fourth-order valence-corrected chi connectivity index (χ4v) is 11.1. The smallest absolute Gasteiger partial charge is 0.462 e. The van der Waals surface area contributed by atoms with Gasteiger partial charge in [-0.3, -0.25) is 37.3 Å². The van der Waals surface area contributed by atoms with Gasteiger partial charge in [-0.15, -0.1) is 0 Å². The lowest BCUT2D eigenvalue weighted by Crippen LogP contribution is -2.30. The van der Waals surface area contributed by atoms with Crippen LogP contribution in [-0.4, -0.2) is 96.7 Å². The van der Waals surface area contributed by atoms with Crippen LogP contribution in [0, 0.1) is 11.8 Å². The van der Waals surface area contributed by atoms with Crippen LogP contribution < -0.4 is 0 Å². The van der Waals surface area contributed by atoms with Crippen molar-refractivity contribution in [2.75, 3.05) is 39.6 Å². The van der Waals surface area contributed by atoms with Crippen LogP contribution in [0.25, 0.3) is 0 Å². The molecule has 0 spiro atoms. The maximum Gasteiger partial charge on any atom is 0.472 e. The number of rotatable bonds is 63. The number of esters is 4. The van der Waals surface area contributed by atoms with E-state index >= 15 is 0 Å². The van der Waals surface area contributed by atoms with Gasteiger partial charge in [0.25, 0.3) is 0 Å². The minimum Gasteiger partial charge on any atom is -0.462 e. The van der Waals surface area contributed by atoms with E-state index in [0.717, 1.165) is 108 Å². The van der Waals surface area contributed by atoms with Crippen LogP contribution in [0.1, 0.15) is 318 Å². The molecule has 3 unspecified atom stereocenters. The number of hydrogen-bond donors (Lipinski definition) is 3. The molecule has 0 aliphatic carbocycles. The second-order valence-corrected chi connectivity index (χ2v) is 26.8. The third-order valence-corrected chi connectivity index (χ3v) is 17.0. The lowest BCUT2D eigenvalue weighted by atomic mass is 10.00. The molecular weight excluding hydrogens is 1100 g/mol. The Morgan fingerprint density at radius 1 is 0.349 bits per heavy atom. The predicted octanol–water partition coefficient (Wildman–Crippen LogP) is 17.7. The fraction of sp³-hybridized carbons (Fsp3) is 0.938. The maximum atomic E-state index is 13.0. The number of aliphatic hydroxyl groups excluding tert-OH is 1. The average Bonchev–Trinajstić information content (AvgIpc) is 3.46. The monoisotopic (exact) mass is 1230 g/mol. The molecule has 0 heterocycles. The molecule has 0 saturated heterocycles. The van der Waals surface area contributed by atoms with Gasteiger partial charge in [0.2, 0.25) is 0 Å². The van der Waals surface area contributed by atoms with Crippen LogP contribution in [0.4, 0.5) is 0 Å². The average molecular weight is 1230 g/mol. The minimum atomic E-state index is -4.94. The van der Waals surface area contributed by atoms with E-state index in [2.05, 4.69) is 41.5 Å². The van der Waals surface area contributed by atoms with Crippen molar-refractivity contribution in [1.82, 2.24) is 0 Å². The van der Waals surface area contributed by atoms with Crippen molar-refractivity contribution in [2.24, 2.45) is 11.8 Å². The topological polar surface area (TPSA) is 237 Å². The molecule has 17 nitrogen and oxygen atoms in total. The van der Waals surface area contributed by atoms with Crippen LogP contribution in [0.15, 0.2) is 0 Å². The van der Waals surface area contributed by atoms with E-state index in [4.69, 9.17) is 37.0 Å². The van der Waals surface area contributed by atoms with Gasteiger partial charge < -0.3 is 33.8 Å². The molecule has 0 aromatic heterocycles. The first-order valence-corrected chi connectivity index (χ1v) is 36.5. The predicted molar refractivity (Wildman–Crippen MR) is 331 cm³/mol. The second-order valence-electron chi connectivity index (χ2n) is 23.9. The number of hydrogen-bond acceptors (Lipinski definition) is 15. The highest BCUT2D eigenvalue weighted by atomic mass is 31.2. The van der Waals surface area contributed by atoms with Crippen molar-refractivity contribution in [3.63, 3.8) is 0 Å². The molecule has 6 atom stereocenters. The number of unbranched alkanes of at least 4 members (excludes halogenated alkanes) is 32. The summed E-state index contributed by atoms with van der Waals surface area (Å²) in [6.45, 7) is 9.37. The van der Waals surface area contributed by atoms with Gasteiger partial charge in [0.15, 0.2) is 12.2 Å². The van der Waals surface area contributed by atoms with Crippen LogP contribution in [0.5, 0.6) is 0 Å². The summed E-state index contributed by atoms with van der Waals surface area (Å²) in [5.41, 5.74) is 0. The first-order chi connectivity index (χ1) is 39.9. The molecule has 492 valence electrons. The molecule has 0 saturated carbocycles. The number of phosphoric acid groups is 2. The van der Waals surface area contributed by atoms with E-state index in [0.29, 0.717) is 25.7 Å². The number of ether oxygens (including phenoxy) is 4. The Kier molecular flexibility index (Phi) is 55.2. The van der Waals surface area contributed by atoms with E-state index in [1.807, 2.05) is 0 Å². The molecular formula is C64H124O17P2. The maximum absolute atomic E-state index is 13.0. The van der Waals surface area contributed by atoms with Gasteiger partial charge in [-0.25, -0.2) is 9.13 Å². The molecule has 0 aromatic rings. The summed E-state index contributed by atoms with van der Waals surface area (Å²) in [6.07, 6.45) is 39.3. The Morgan fingerprint density at radius 3 is 0.916 bits per heavy atom. The molecule has 0 bridgehead atoms. The summed E-state index contributed by atoms with van der Waals surface area (Å²) in [6, 6.07) is 0. The second kappa shape index (κ2) is 56.6. The van der Waals surface area contributed by atoms with Gasteiger partial charge in [0.05, 0.1) is 26.4 Å². The molecule has 0 aliphatic rings. The van der Waals surface area contributed by atoms with E-state index in [9.17, 15) is 43.2 Å². The highest BCUT2D eigenvalue weighted by molar-refractivity contribution is 7.47. The normalized spacial score (nSPS) is 14.6. The largest absolute Gasteiger partial charge is 0.472 e. The zero-order valence-corrected chi connectivity index (χ0v) is 55.3. The molecule has 19 heteroatoms.